The maximum Gasteiger partial charge on any atom is 0.265 e. The first-order chi connectivity index (χ1) is 6.86. The fourth-order valence-corrected chi connectivity index (χ4v) is 2.64. The quantitative estimate of drug-likeness (QED) is 0.635. The fourth-order valence-electron chi connectivity index (χ4n) is 0.919. The largest absolute Gasteiger partial charge is 0.265 e. The van der Waals surface area contributed by atoms with Gasteiger partial charge in [-0.3, -0.25) is 4.98 Å². The van der Waals surface area contributed by atoms with Gasteiger partial charge in [0, 0.05) is 27.8 Å². The third-order valence-electron chi connectivity index (χ3n) is 1.59. The van der Waals surface area contributed by atoms with Gasteiger partial charge in [0.15, 0.2) is 0 Å². The van der Waals surface area contributed by atoms with Crippen molar-refractivity contribution in [2.75, 3.05) is 0 Å². The van der Waals surface area contributed by atoms with Crippen LogP contribution in [0.1, 0.15) is 17.7 Å². The molecule has 15 heavy (non-hydrogen) atoms. The normalized spacial score (nSPS) is 12.1. The molecule has 3 nitrogen and oxygen atoms in total. The van der Waals surface area contributed by atoms with Crippen LogP contribution < -0.4 is 0 Å². The van der Waals surface area contributed by atoms with Crippen LogP contribution in [0.2, 0.25) is 0 Å². The zero-order chi connectivity index (χ0) is 11.6. The Labute approximate surface area is 98.0 Å². The zero-order valence-corrected chi connectivity index (χ0v) is 10.3. The van der Waals surface area contributed by atoms with E-state index in [-0.39, 0.29) is 15.9 Å². The number of aromatic nitrogens is 1. The van der Waals surface area contributed by atoms with Crippen LogP contribution in [-0.2, 0) is 14.4 Å². The molecule has 0 saturated carbocycles. The van der Waals surface area contributed by atoms with Crippen LogP contribution in [0.3, 0.4) is 0 Å². The summed E-state index contributed by atoms with van der Waals surface area (Å²) in [5, 5.41) is 0.123. The predicted molar refractivity (Wildman–Crippen MR) is 54.9 cm³/mol. The summed E-state index contributed by atoms with van der Waals surface area (Å²) in [6.45, 7) is 0. The van der Waals surface area contributed by atoms with Crippen LogP contribution in [-0.4, -0.2) is 13.4 Å². The van der Waals surface area contributed by atoms with E-state index in [1.54, 1.807) is 0 Å². The minimum Gasteiger partial charge on any atom is -0.259 e. The highest BCUT2D eigenvalue weighted by Crippen LogP contribution is 2.26. The van der Waals surface area contributed by atoms with Gasteiger partial charge in [-0.25, -0.2) is 17.2 Å². The van der Waals surface area contributed by atoms with E-state index in [0.29, 0.717) is 0 Å². The molecule has 0 amide bonds. The van der Waals surface area contributed by atoms with Gasteiger partial charge in [-0.1, -0.05) is 15.9 Å². The van der Waals surface area contributed by atoms with Gasteiger partial charge < -0.3 is 0 Å². The molecule has 0 aliphatic rings. The molecule has 1 heterocycles. The SMILES string of the molecule is O=S(=O)(Cl)c1cc(C(F)F)cnc1CBr. The molecule has 0 aliphatic carbocycles. The summed E-state index contributed by atoms with van der Waals surface area (Å²) in [4.78, 5) is 3.20. The number of hydrogen-bond donors (Lipinski definition) is 0. The number of pyridine rings is 1. The molecular weight excluding hydrogens is 316 g/mol. The van der Waals surface area contributed by atoms with Crippen molar-refractivity contribution in [3.05, 3.63) is 23.5 Å². The van der Waals surface area contributed by atoms with Crippen LogP contribution in [0.15, 0.2) is 17.2 Å². The Morgan fingerprint density at radius 3 is 2.53 bits per heavy atom. The van der Waals surface area contributed by atoms with Crippen molar-refractivity contribution in [1.29, 1.82) is 0 Å². The topological polar surface area (TPSA) is 47.0 Å². The van der Waals surface area contributed by atoms with Crippen LogP contribution in [0.4, 0.5) is 8.78 Å². The van der Waals surface area contributed by atoms with Crippen molar-refractivity contribution >= 4 is 35.7 Å². The second-order valence-electron chi connectivity index (χ2n) is 2.59. The molecule has 1 aromatic rings. The summed E-state index contributed by atoms with van der Waals surface area (Å²) in [6, 6.07) is 0.830. The minimum absolute atomic E-state index is 0.106. The van der Waals surface area contributed by atoms with Crippen molar-refractivity contribution in [2.24, 2.45) is 0 Å². The monoisotopic (exact) mass is 319 g/mol. The summed E-state index contributed by atoms with van der Waals surface area (Å²) in [5.41, 5.74) is -0.367. The van der Waals surface area contributed by atoms with Gasteiger partial charge in [-0.2, -0.15) is 0 Å². The highest BCUT2D eigenvalue weighted by atomic mass is 79.9. The minimum atomic E-state index is -4.06. The summed E-state index contributed by atoms with van der Waals surface area (Å²) >= 11 is 2.99. The Bertz CT molecular complexity index is 466. The Morgan fingerprint density at radius 1 is 1.53 bits per heavy atom. The number of hydrogen-bond acceptors (Lipinski definition) is 3. The molecule has 0 fully saturated rings. The molecule has 0 radical (unpaired) electrons. The van der Waals surface area contributed by atoms with E-state index in [9.17, 15) is 17.2 Å². The molecule has 0 aliphatic heterocycles. The van der Waals surface area contributed by atoms with Crippen LogP contribution in [0.5, 0.6) is 0 Å². The van der Waals surface area contributed by atoms with Gasteiger partial charge in [0.1, 0.15) is 4.90 Å². The van der Waals surface area contributed by atoms with Crippen molar-refractivity contribution in [1.82, 2.24) is 4.98 Å². The lowest BCUT2D eigenvalue weighted by molar-refractivity contribution is 0.150. The summed E-state index contributed by atoms with van der Waals surface area (Å²) in [7, 11) is 1.03. The van der Waals surface area contributed by atoms with E-state index in [4.69, 9.17) is 10.7 Å². The van der Waals surface area contributed by atoms with E-state index in [1.807, 2.05) is 0 Å². The maximum absolute atomic E-state index is 12.3. The standard InChI is InChI=1S/C7H5BrClF2NO2S/c8-2-5-6(15(9,13)14)1-4(3-12-5)7(10)11/h1,3,7H,2H2. The molecule has 84 valence electrons. The maximum atomic E-state index is 12.3. The first kappa shape index (κ1) is 12.8. The molecule has 0 spiro atoms. The lowest BCUT2D eigenvalue weighted by atomic mass is 10.2. The molecule has 1 aromatic heterocycles. The summed E-state index contributed by atoms with van der Waals surface area (Å²) in [5.74, 6) is 0. The van der Waals surface area contributed by atoms with Gasteiger partial charge in [0.05, 0.1) is 5.69 Å². The highest BCUT2D eigenvalue weighted by molar-refractivity contribution is 9.08. The predicted octanol–water partition coefficient (Wildman–Crippen LogP) is 2.84. The average molecular weight is 321 g/mol. The third-order valence-corrected chi connectivity index (χ3v) is 3.50. The Kier molecular flexibility index (Phi) is 4.02. The molecule has 0 atom stereocenters. The smallest absolute Gasteiger partial charge is 0.259 e. The van der Waals surface area contributed by atoms with Gasteiger partial charge in [0.25, 0.3) is 15.5 Å². The third kappa shape index (κ3) is 3.09. The number of nitrogens with zero attached hydrogens (tertiary/aromatic N) is 1. The van der Waals surface area contributed by atoms with E-state index in [0.717, 1.165) is 12.3 Å². The van der Waals surface area contributed by atoms with Crippen LogP contribution in [0, 0.1) is 0 Å². The van der Waals surface area contributed by atoms with E-state index in [1.165, 1.54) is 0 Å². The average Bonchev–Trinajstić information content (AvgIpc) is 2.15. The number of rotatable bonds is 3. The van der Waals surface area contributed by atoms with Crippen molar-refractivity contribution < 1.29 is 17.2 Å². The van der Waals surface area contributed by atoms with Gasteiger partial charge >= 0.3 is 0 Å². The molecule has 0 aromatic carbocycles. The Hall–Kier alpha value is -0.270. The first-order valence-corrected chi connectivity index (χ1v) is 7.07. The lowest BCUT2D eigenvalue weighted by Crippen LogP contribution is -2.01. The summed E-state index contributed by atoms with van der Waals surface area (Å²) in [6.07, 6.45) is -1.86. The van der Waals surface area contributed by atoms with Gasteiger partial charge in [-0.15, -0.1) is 0 Å². The van der Waals surface area contributed by atoms with Crippen molar-refractivity contribution in [2.45, 2.75) is 16.7 Å². The molecular formula is C7H5BrClF2NO2S. The Morgan fingerprint density at radius 2 is 2.13 bits per heavy atom. The van der Waals surface area contributed by atoms with Crippen LogP contribution in [0.25, 0.3) is 0 Å². The number of alkyl halides is 3. The molecule has 8 heteroatoms. The van der Waals surface area contributed by atoms with Gasteiger partial charge in [0.2, 0.25) is 0 Å². The molecule has 0 unspecified atom stereocenters. The van der Waals surface area contributed by atoms with E-state index >= 15 is 0 Å². The van der Waals surface area contributed by atoms with Crippen LogP contribution >= 0.6 is 26.6 Å². The first-order valence-electron chi connectivity index (χ1n) is 3.64. The number of halogens is 4. The highest BCUT2D eigenvalue weighted by Gasteiger charge is 2.19. The van der Waals surface area contributed by atoms with Crippen molar-refractivity contribution in [3.8, 4) is 0 Å². The van der Waals surface area contributed by atoms with Crippen molar-refractivity contribution in [3.63, 3.8) is 0 Å². The fraction of sp³-hybridized carbons (Fsp3) is 0.286. The molecule has 1 rings (SSSR count). The molecule has 0 saturated heterocycles. The molecule has 0 bridgehead atoms. The van der Waals surface area contributed by atoms with E-state index < -0.39 is 21.0 Å². The zero-order valence-electron chi connectivity index (χ0n) is 7.12. The lowest BCUT2D eigenvalue weighted by Gasteiger charge is -2.05. The Balaban J connectivity index is 3.39. The van der Waals surface area contributed by atoms with Gasteiger partial charge in [-0.05, 0) is 6.07 Å². The second-order valence-corrected chi connectivity index (χ2v) is 5.68. The second kappa shape index (κ2) is 4.71. The summed E-state index contributed by atoms with van der Waals surface area (Å²) < 4.78 is 46.7. The molecule has 0 N–H and O–H groups in total. The van der Waals surface area contributed by atoms with E-state index in [2.05, 4.69) is 20.9 Å².